The summed E-state index contributed by atoms with van der Waals surface area (Å²) in [7, 11) is 2.94. The summed E-state index contributed by atoms with van der Waals surface area (Å²) in [6.07, 6.45) is -0.446. The molecule has 4 heterocycles. The smallest absolute Gasteiger partial charge is 0.419 e. The standard InChI is InChI=1S/C42H45ClF3N5O5/c1-40(54)19-26(20-40)47-21-24-10-12-34(49-37(24)55-2)31-9-5-8-30(35(31)43)27-6-4-7-29-28(27)11-13-33(29)48-36-32(42(44,45)46)16-25(38(50-36)56-3)22-51-15-14-23-17-41(51,18-23)39(52)53/h4-10,12,16,23,26,33,47,54H,11,13-15,17-22H2,1-3H3,(H,48,50)(H,52,53)/t23?,26?,33-,40?,41?/m0/s1. The van der Waals surface area contributed by atoms with Crippen LogP contribution >= 0.6 is 11.6 Å². The number of methoxy groups -OCH3 is 2. The molecule has 5 aliphatic rings. The molecule has 9 rings (SSSR count). The lowest BCUT2D eigenvalue weighted by atomic mass is 9.62. The highest BCUT2D eigenvalue weighted by Crippen LogP contribution is 2.51. The number of aliphatic hydroxyl groups is 1. The lowest BCUT2D eigenvalue weighted by Gasteiger charge is -2.56. The average Bonchev–Trinajstić information content (AvgIpc) is 3.55. The number of benzene rings is 2. The van der Waals surface area contributed by atoms with Crippen molar-refractivity contribution in [2.45, 2.75) is 94.4 Å². The van der Waals surface area contributed by atoms with Gasteiger partial charge in [0, 0.05) is 41.4 Å². The van der Waals surface area contributed by atoms with Crippen LogP contribution in [0.25, 0.3) is 22.4 Å². The van der Waals surface area contributed by atoms with Gasteiger partial charge in [0.1, 0.15) is 11.4 Å². The summed E-state index contributed by atoms with van der Waals surface area (Å²) >= 11 is 7.15. The number of carboxylic acids is 1. The zero-order valence-corrected chi connectivity index (χ0v) is 32.2. The van der Waals surface area contributed by atoms with Crippen molar-refractivity contribution in [2.24, 2.45) is 5.92 Å². The first-order chi connectivity index (χ1) is 26.7. The molecular weight excluding hydrogens is 747 g/mol. The van der Waals surface area contributed by atoms with Crippen molar-refractivity contribution in [1.82, 2.24) is 20.2 Å². The van der Waals surface area contributed by atoms with E-state index in [1.54, 1.807) is 12.0 Å². The molecule has 2 aliphatic heterocycles. The summed E-state index contributed by atoms with van der Waals surface area (Å²) in [5.74, 6) is -0.451. The van der Waals surface area contributed by atoms with Crippen molar-refractivity contribution >= 4 is 23.4 Å². The van der Waals surface area contributed by atoms with Crippen LogP contribution in [-0.4, -0.2) is 69.0 Å². The van der Waals surface area contributed by atoms with Crippen LogP contribution in [0.5, 0.6) is 11.8 Å². The van der Waals surface area contributed by atoms with E-state index in [4.69, 9.17) is 26.1 Å². The van der Waals surface area contributed by atoms with E-state index in [1.807, 2.05) is 55.5 Å². The first-order valence-electron chi connectivity index (χ1n) is 19.0. The van der Waals surface area contributed by atoms with Gasteiger partial charge in [-0.1, -0.05) is 54.1 Å². The van der Waals surface area contributed by atoms with Gasteiger partial charge >= 0.3 is 12.1 Å². The largest absolute Gasteiger partial charge is 0.481 e. The van der Waals surface area contributed by atoms with E-state index in [2.05, 4.69) is 15.6 Å². The number of rotatable bonds is 12. The first-order valence-corrected chi connectivity index (χ1v) is 19.4. The van der Waals surface area contributed by atoms with Crippen LogP contribution in [0.15, 0.2) is 54.6 Å². The minimum Gasteiger partial charge on any atom is -0.481 e. The van der Waals surface area contributed by atoms with Gasteiger partial charge in [-0.25, -0.2) is 4.98 Å². The van der Waals surface area contributed by atoms with Crippen molar-refractivity contribution in [3.8, 4) is 34.1 Å². The van der Waals surface area contributed by atoms with Gasteiger partial charge in [-0.15, -0.1) is 0 Å². The number of carboxylic acid groups (broad SMARTS) is 1. The Hall–Kier alpha value is -4.43. The molecule has 0 amide bonds. The van der Waals surface area contributed by atoms with Gasteiger partial charge in [0.25, 0.3) is 0 Å². The van der Waals surface area contributed by atoms with E-state index in [0.717, 1.165) is 40.3 Å². The monoisotopic (exact) mass is 791 g/mol. The van der Waals surface area contributed by atoms with Gasteiger partial charge in [-0.3, -0.25) is 9.69 Å². The number of pyridine rings is 2. The fourth-order valence-electron chi connectivity index (χ4n) is 9.30. The normalized spacial score (nSPS) is 25.5. The number of alkyl halides is 3. The minimum absolute atomic E-state index is 0.0108. The van der Waals surface area contributed by atoms with Crippen LogP contribution in [0.2, 0.25) is 5.02 Å². The number of nitrogens with one attached hydrogen (secondary N) is 2. The number of fused-ring (bicyclic) bond motifs is 3. The maximum atomic E-state index is 14.7. The molecule has 0 unspecified atom stereocenters. The maximum absolute atomic E-state index is 14.7. The molecule has 2 saturated carbocycles. The van der Waals surface area contributed by atoms with Crippen molar-refractivity contribution in [3.63, 3.8) is 0 Å². The summed E-state index contributed by atoms with van der Waals surface area (Å²) in [6.45, 7) is 2.85. The molecule has 4 fully saturated rings. The summed E-state index contributed by atoms with van der Waals surface area (Å²) in [5, 5.41) is 27.2. The zero-order valence-electron chi connectivity index (χ0n) is 31.5. The molecule has 4 aromatic rings. The van der Waals surface area contributed by atoms with E-state index in [0.29, 0.717) is 79.7 Å². The number of anilines is 1. The third-order valence-electron chi connectivity index (χ3n) is 12.2. The number of carbonyl (C=O) groups is 1. The Morgan fingerprint density at radius 1 is 0.964 bits per heavy atom. The zero-order chi connectivity index (χ0) is 39.6. The van der Waals surface area contributed by atoms with Crippen LogP contribution in [0.3, 0.4) is 0 Å². The van der Waals surface area contributed by atoms with Gasteiger partial charge < -0.3 is 30.3 Å². The van der Waals surface area contributed by atoms with Crippen LogP contribution in [-0.2, 0) is 30.5 Å². The van der Waals surface area contributed by atoms with E-state index in [-0.39, 0.29) is 29.8 Å². The molecule has 0 radical (unpaired) electrons. The molecule has 2 aromatic heterocycles. The summed E-state index contributed by atoms with van der Waals surface area (Å²) in [5.41, 5.74) is 3.29. The van der Waals surface area contributed by atoms with Gasteiger partial charge in [0.2, 0.25) is 11.8 Å². The molecule has 4 N–H and O–H groups in total. The van der Waals surface area contributed by atoms with E-state index in [9.17, 15) is 28.2 Å². The van der Waals surface area contributed by atoms with Crippen molar-refractivity contribution in [1.29, 1.82) is 0 Å². The number of nitrogens with zero attached hydrogens (tertiary/aromatic N) is 3. The predicted octanol–water partition coefficient (Wildman–Crippen LogP) is 8.04. The second-order valence-corrected chi connectivity index (χ2v) is 16.4. The summed E-state index contributed by atoms with van der Waals surface area (Å²) < 4.78 is 55.4. The van der Waals surface area contributed by atoms with E-state index in [1.165, 1.54) is 7.11 Å². The summed E-state index contributed by atoms with van der Waals surface area (Å²) in [4.78, 5) is 23.2. The topological polar surface area (TPSA) is 129 Å². The highest BCUT2D eigenvalue weighted by Gasteiger charge is 2.57. The number of aromatic nitrogens is 2. The van der Waals surface area contributed by atoms with Crippen molar-refractivity contribution in [2.75, 3.05) is 26.1 Å². The molecule has 1 atom stereocenters. The van der Waals surface area contributed by atoms with E-state index >= 15 is 0 Å². The molecular formula is C42H45ClF3N5O5. The van der Waals surface area contributed by atoms with E-state index < -0.39 is 34.9 Å². The van der Waals surface area contributed by atoms with Crippen LogP contribution in [0.1, 0.15) is 79.3 Å². The van der Waals surface area contributed by atoms with Gasteiger partial charge in [0.15, 0.2) is 0 Å². The Balaban J connectivity index is 1.05. The van der Waals surface area contributed by atoms with Crippen LogP contribution < -0.4 is 20.1 Å². The Kier molecular flexibility index (Phi) is 9.95. The Morgan fingerprint density at radius 2 is 1.66 bits per heavy atom. The highest BCUT2D eigenvalue weighted by atomic mass is 35.5. The van der Waals surface area contributed by atoms with Crippen molar-refractivity contribution < 1.29 is 37.7 Å². The van der Waals surface area contributed by atoms with Gasteiger partial charge in [-0.05, 0) is 93.2 Å². The Bertz CT molecular complexity index is 2170. The Morgan fingerprint density at radius 3 is 2.36 bits per heavy atom. The second-order valence-electron chi connectivity index (χ2n) is 16.0. The third-order valence-corrected chi connectivity index (χ3v) is 12.6. The van der Waals surface area contributed by atoms with Gasteiger partial charge in [-0.2, -0.15) is 18.2 Å². The number of hydrogen-bond donors (Lipinski definition) is 4. The average molecular weight is 792 g/mol. The molecule has 56 heavy (non-hydrogen) atoms. The summed E-state index contributed by atoms with van der Waals surface area (Å²) in [6, 6.07) is 16.2. The minimum atomic E-state index is -4.73. The molecule has 2 aromatic carbocycles. The third kappa shape index (κ3) is 6.97. The molecule has 10 nitrogen and oxygen atoms in total. The van der Waals surface area contributed by atoms with Gasteiger partial charge in [0.05, 0.1) is 42.1 Å². The molecule has 0 spiro atoms. The fraction of sp³-hybridized carbons (Fsp3) is 0.452. The quantitative estimate of drug-likeness (QED) is 0.112. The lowest BCUT2D eigenvalue weighted by Crippen LogP contribution is -2.66. The highest BCUT2D eigenvalue weighted by molar-refractivity contribution is 6.36. The molecule has 3 aliphatic carbocycles. The number of piperidine rings is 2. The number of halogens is 4. The molecule has 2 bridgehead atoms. The SMILES string of the molecule is COc1nc(-c2cccc(-c3cccc4c3CC[C@@H]4Nc3nc(OC)c(CN4CCC5CC4(C(=O)O)C5)cc3C(F)(F)F)c2Cl)ccc1CNC1CC(C)(O)C1. The maximum Gasteiger partial charge on any atom is 0.419 e. The van der Waals surface area contributed by atoms with Crippen LogP contribution in [0, 0.1) is 5.92 Å². The molecule has 2 saturated heterocycles. The van der Waals surface area contributed by atoms with Crippen LogP contribution in [0.4, 0.5) is 19.0 Å². The lowest BCUT2D eigenvalue weighted by molar-refractivity contribution is -0.172. The number of ether oxygens (including phenoxy) is 2. The molecule has 296 valence electrons. The molecule has 14 heteroatoms. The fourth-order valence-corrected chi connectivity index (χ4v) is 9.63. The second kappa shape index (κ2) is 14.5. The first kappa shape index (κ1) is 38.4. The van der Waals surface area contributed by atoms with Crippen molar-refractivity contribution in [3.05, 3.63) is 87.4 Å². The number of aliphatic carboxylic acids is 1. The predicted molar refractivity (Wildman–Crippen MR) is 206 cm³/mol. The number of hydrogen-bond acceptors (Lipinski definition) is 9. The Labute approximate surface area is 328 Å².